The average Bonchev–Trinajstić information content (AvgIpc) is 2.16. The second-order valence-corrected chi connectivity index (χ2v) is 2.81. The third kappa shape index (κ3) is 2.20. The van der Waals surface area contributed by atoms with Gasteiger partial charge in [-0.1, -0.05) is 0 Å². The molecule has 0 spiro atoms. The molecule has 0 aliphatic heterocycles. The van der Waals surface area contributed by atoms with Crippen molar-refractivity contribution < 1.29 is 23.4 Å². The van der Waals surface area contributed by atoms with Gasteiger partial charge in [0.2, 0.25) is 0 Å². The first-order valence-electron chi connectivity index (χ1n) is 4.04. The SMILES string of the molecule is COc1cc(C(=O)O)c(C)nc1C(F)F. The third-order valence-electron chi connectivity index (χ3n) is 1.86. The fraction of sp³-hybridized carbons (Fsp3) is 0.333. The number of halogens is 2. The van der Waals surface area contributed by atoms with Crippen LogP contribution in [0.1, 0.15) is 28.2 Å². The van der Waals surface area contributed by atoms with Crippen molar-refractivity contribution in [3.05, 3.63) is 23.0 Å². The van der Waals surface area contributed by atoms with E-state index in [9.17, 15) is 13.6 Å². The van der Waals surface area contributed by atoms with Gasteiger partial charge in [-0.05, 0) is 13.0 Å². The summed E-state index contributed by atoms with van der Waals surface area (Å²) in [5.41, 5.74) is -0.644. The molecule has 0 saturated heterocycles. The van der Waals surface area contributed by atoms with Gasteiger partial charge in [-0.3, -0.25) is 0 Å². The maximum absolute atomic E-state index is 12.4. The molecule has 1 aromatic rings. The lowest BCUT2D eigenvalue weighted by Gasteiger charge is -2.09. The Bertz CT molecular complexity index is 393. The minimum absolute atomic E-state index is 0.0404. The van der Waals surface area contributed by atoms with E-state index in [0.717, 1.165) is 6.07 Å². The number of carboxylic acids is 1. The van der Waals surface area contributed by atoms with Gasteiger partial charge in [0.1, 0.15) is 11.4 Å². The van der Waals surface area contributed by atoms with Gasteiger partial charge < -0.3 is 9.84 Å². The summed E-state index contributed by atoms with van der Waals surface area (Å²) in [6.45, 7) is 1.36. The Balaban J connectivity index is 3.35. The van der Waals surface area contributed by atoms with Gasteiger partial charge in [-0.2, -0.15) is 0 Å². The summed E-state index contributed by atoms with van der Waals surface area (Å²) >= 11 is 0. The lowest BCUT2D eigenvalue weighted by molar-refractivity contribution is 0.0694. The number of pyridine rings is 1. The molecule has 15 heavy (non-hydrogen) atoms. The van der Waals surface area contributed by atoms with Crippen molar-refractivity contribution in [1.29, 1.82) is 0 Å². The number of aromatic nitrogens is 1. The van der Waals surface area contributed by atoms with E-state index < -0.39 is 18.1 Å². The number of carboxylic acid groups (broad SMARTS) is 1. The normalized spacial score (nSPS) is 10.5. The standard InChI is InChI=1S/C9H9F2NO3/c1-4-5(9(13)14)3-6(15-2)7(12-4)8(10)11/h3,8H,1-2H3,(H,13,14). The number of rotatable bonds is 3. The molecule has 1 heterocycles. The van der Waals surface area contributed by atoms with Crippen molar-refractivity contribution in [3.8, 4) is 5.75 Å². The topological polar surface area (TPSA) is 59.4 Å². The molecule has 0 atom stereocenters. The summed E-state index contributed by atoms with van der Waals surface area (Å²) in [4.78, 5) is 14.2. The highest BCUT2D eigenvalue weighted by molar-refractivity contribution is 5.89. The van der Waals surface area contributed by atoms with E-state index in [1.807, 2.05) is 0 Å². The highest BCUT2D eigenvalue weighted by Crippen LogP contribution is 2.28. The number of carbonyl (C=O) groups is 1. The second-order valence-electron chi connectivity index (χ2n) is 2.81. The fourth-order valence-corrected chi connectivity index (χ4v) is 1.14. The van der Waals surface area contributed by atoms with E-state index in [-0.39, 0.29) is 17.0 Å². The van der Waals surface area contributed by atoms with Gasteiger partial charge in [0.25, 0.3) is 6.43 Å². The first kappa shape index (κ1) is 11.4. The molecule has 0 amide bonds. The number of ether oxygens (including phenoxy) is 1. The number of hydrogen-bond acceptors (Lipinski definition) is 3. The average molecular weight is 217 g/mol. The van der Waals surface area contributed by atoms with Crippen LogP contribution in [0.5, 0.6) is 5.75 Å². The van der Waals surface area contributed by atoms with Crippen molar-refractivity contribution in [2.24, 2.45) is 0 Å². The molecule has 0 radical (unpaired) electrons. The largest absolute Gasteiger partial charge is 0.495 e. The zero-order valence-corrected chi connectivity index (χ0v) is 8.12. The van der Waals surface area contributed by atoms with Crippen LogP contribution in [0.15, 0.2) is 6.07 Å². The Morgan fingerprint density at radius 1 is 1.60 bits per heavy atom. The van der Waals surface area contributed by atoms with Crippen molar-refractivity contribution in [2.75, 3.05) is 7.11 Å². The molecule has 0 bridgehead atoms. The number of aryl methyl sites for hydroxylation is 1. The Morgan fingerprint density at radius 3 is 2.60 bits per heavy atom. The molecular weight excluding hydrogens is 208 g/mol. The van der Waals surface area contributed by atoms with Gasteiger partial charge in [-0.15, -0.1) is 0 Å². The molecule has 0 saturated carbocycles. The third-order valence-corrected chi connectivity index (χ3v) is 1.86. The van der Waals surface area contributed by atoms with Crippen LogP contribution < -0.4 is 4.74 Å². The minimum atomic E-state index is -2.79. The van der Waals surface area contributed by atoms with Crippen LogP contribution in [0.25, 0.3) is 0 Å². The maximum Gasteiger partial charge on any atom is 0.337 e. The van der Waals surface area contributed by atoms with E-state index >= 15 is 0 Å². The lowest BCUT2D eigenvalue weighted by Crippen LogP contribution is -2.06. The predicted octanol–water partition coefficient (Wildman–Crippen LogP) is 2.03. The van der Waals surface area contributed by atoms with E-state index in [4.69, 9.17) is 5.11 Å². The first-order chi connectivity index (χ1) is 6.97. The second kappa shape index (κ2) is 4.20. The number of hydrogen-bond donors (Lipinski definition) is 1. The van der Waals surface area contributed by atoms with E-state index in [2.05, 4.69) is 9.72 Å². The van der Waals surface area contributed by atoms with Crippen LogP contribution in [0.2, 0.25) is 0 Å². The van der Waals surface area contributed by atoms with Crippen molar-refractivity contribution in [1.82, 2.24) is 4.98 Å². The summed E-state index contributed by atoms with van der Waals surface area (Å²) in [6, 6.07) is 1.05. The number of nitrogens with zero attached hydrogens (tertiary/aromatic N) is 1. The van der Waals surface area contributed by atoms with Gasteiger partial charge >= 0.3 is 5.97 Å². The predicted molar refractivity (Wildman–Crippen MR) is 47.4 cm³/mol. The Kier molecular flexibility index (Phi) is 3.18. The molecule has 0 unspecified atom stereocenters. The Hall–Kier alpha value is -1.72. The quantitative estimate of drug-likeness (QED) is 0.841. The lowest BCUT2D eigenvalue weighted by atomic mass is 10.1. The van der Waals surface area contributed by atoms with Gasteiger partial charge in [0.15, 0.2) is 0 Å². The summed E-state index contributed by atoms with van der Waals surface area (Å²) < 4.78 is 29.5. The molecular formula is C9H9F2NO3. The monoisotopic (exact) mass is 217 g/mol. The molecule has 4 nitrogen and oxygen atoms in total. The summed E-state index contributed by atoms with van der Waals surface area (Å²) in [6.07, 6.45) is -2.79. The van der Waals surface area contributed by atoms with Crippen molar-refractivity contribution >= 4 is 5.97 Å². The molecule has 0 aliphatic rings. The van der Waals surface area contributed by atoms with Crippen LogP contribution in [0.4, 0.5) is 8.78 Å². The van der Waals surface area contributed by atoms with Gasteiger partial charge in [-0.25, -0.2) is 18.6 Å². The molecule has 82 valence electrons. The van der Waals surface area contributed by atoms with Crippen molar-refractivity contribution in [2.45, 2.75) is 13.3 Å². The molecule has 0 aliphatic carbocycles. The molecule has 1 N–H and O–H groups in total. The summed E-state index contributed by atoms with van der Waals surface area (Å²) in [7, 11) is 1.18. The van der Waals surface area contributed by atoms with Gasteiger partial charge in [0.05, 0.1) is 18.4 Å². The van der Waals surface area contributed by atoms with E-state index in [0.29, 0.717) is 0 Å². The molecule has 6 heteroatoms. The summed E-state index contributed by atoms with van der Waals surface area (Å²) in [5.74, 6) is -1.44. The molecule has 1 rings (SSSR count). The maximum atomic E-state index is 12.4. The Morgan fingerprint density at radius 2 is 2.20 bits per heavy atom. The highest BCUT2D eigenvalue weighted by atomic mass is 19.3. The van der Waals surface area contributed by atoms with Crippen LogP contribution in [-0.2, 0) is 0 Å². The molecule has 0 aromatic carbocycles. The molecule has 1 aromatic heterocycles. The van der Waals surface area contributed by atoms with Gasteiger partial charge in [0, 0.05) is 0 Å². The first-order valence-corrected chi connectivity index (χ1v) is 4.04. The molecule has 0 fully saturated rings. The highest BCUT2D eigenvalue weighted by Gasteiger charge is 2.20. The fourth-order valence-electron chi connectivity index (χ4n) is 1.14. The van der Waals surface area contributed by atoms with Crippen LogP contribution in [-0.4, -0.2) is 23.2 Å². The zero-order chi connectivity index (χ0) is 11.6. The minimum Gasteiger partial charge on any atom is -0.495 e. The van der Waals surface area contributed by atoms with E-state index in [1.165, 1.54) is 14.0 Å². The number of aromatic carboxylic acids is 1. The van der Waals surface area contributed by atoms with E-state index in [1.54, 1.807) is 0 Å². The zero-order valence-electron chi connectivity index (χ0n) is 8.12. The van der Waals surface area contributed by atoms with Crippen LogP contribution in [0, 0.1) is 6.92 Å². The smallest absolute Gasteiger partial charge is 0.337 e. The number of methoxy groups -OCH3 is 1. The summed E-state index contributed by atoms with van der Waals surface area (Å²) in [5, 5.41) is 8.73. The van der Waals surface area contributed by atoms with Crippen LogP contribution in [0.3, 0.4) is 0 Å². The van der Waals surface area contributed by atoms with Crippen LogP contribution >= 0.6 is 0 Å². The Labute approximate surface area is 84.5 Å². The number of alkyl halides is 2. The van der Waals surface area contributed by atoms with Crippen molar-refractivity contribution in [3.63, 3.8) is 0 Å².